The van der Waals surface area contributed by atoms with Gasteiger partial charge in [0.05, 0.1) is 5.56 Å². The van der Waals surface area contributed by atoms with E-state index in [2.05, 4.69) is 13.8 Å². The fraction of sp³-hybridized carbons (Fsp3) is 0.462. The van der Waals surface area contributed by atoms with Gasteiger partial charge in [0, 0.05) is 0 Å². The quantitative estimate of drug-likeness (QED) is 0.802. The molecule has 0 spiro atoms. The molecule has 0 bridgehead atoms. The maximum absolute atomic E-state index is 10.8. The lowest BCUT2D eigenvalue weighted by Crippen LogP contribution is -2.01. The molecule has 0 radical (unpaired) electrons. The average molecular weight is 206 g/mol. The van der Waals surface area contributed by atoms with Crippen molar-refractivity contribution in [3.63, 3.8) is 0 Å². The number of aryl methyl sites for hydroxylation is 2. The van der Waals surface area contributed by atoms with E-state index in [4.69, 9.17) is 5.11 Å². The van der Waals surface area contributed by atoms with Gasteiger partial charge in [0.25, 0.3) is 0 Å². The van der Waals surface area contributed by atoms with Crippen LogP contribution in [0.25, 0.3) is 0 Å². The largest absolute Gasteiger partial charge is 0.478 e. The molecule has 0 heterocycles. The molecule has 1 aromatic rings. The summed E-state index contributed by atoms with van der Waals surface area (Å²) < 4.78 is 0. The molecule has 1 aromatic carbocycles. The van der Waals surface area contributed by atoms with E-state index < -0.39 is 5.97 Å². The number of carboxylic acids is 1. The Morgan fingerprint density at radius 2 is 1.73 bits per heavy atom. The fourth-order valence-corrected chi connectivity index (χ4v) is 1.77. The lowest BCUT2D eigenvalue weighted by Gasteiger charge is -2.08. The number of aromatic carboxylic acids is 1. The molecule has 0 saturated carbocycles. The highest BCUT2D eigenvalue weighted by Crippen LogP contribution is 2.16. The molecular formula is C13H18O2. The van der Waals surface area contributed by atoms with Crippen LogP contribution in [0.2, 0.25) is 0 Å². The van der Waals surface area contributed by atoms with Gasteiger partial charge in [-0.2, -0.15) is 0 Å². The molecule has 0 unspecified atom stereocenters. The monoisotopic (exact) mass is 206 g/mol. The highest BCUT2D eigenvalue weighted by Gasteiger charge is 2.07. The molecule has 0 amide bonds. The van der Waals surface area contributed by atoms with Crippen LogP contribution in [0.4, 0.5) is 0 Å². The van der Waals surface area contributed by atoms with Gasteiger partial charge in [-0.1, -0.05) is 32.8 Å². The van der Waals surface area contributed by atoms with E-state index in [-0.39, 0.29) is 0 Å². The van der Waals surface area contributed by atoms with E-state index >= 15 is 0 Å². The van der Waals surface area contributed by atoms with E-state index in [9.17, 15) is 4.79 Å². The number of carboxylic acid groups (broad SMARTS) is 1. The van der Waals surface area contributed by atoms with Crippen molar-refractivity contribution in [3.8, 4) is 0 Å². The maximum atomic E-state index is 10.8. The molecule has 1 rings (SSSR count). The zero-order chi connectivity index (χ0) is 11.3. The first-order valence-electron chi connectivity index (χ1n) is 5.54. The van der Waals surface area contributed by atoms with Crippen LogP contribution >= 0.6 is 0 Å². The molecule has 2 heteroatoms. The molecule has 0 aliphatic heterocycles. The number of hydrogen-bond acceptors (Lipinski definition) is 1. The molecule has 0 fully saturated rings. The zero-order valence-electron chi connectivity index (χ0n) is 9.42. The number of carbonyl (C=O) groups is 1. The van der Waals surface area contributed by atoms with Crippen LogP contribution in [0, 0.1) is 0 Å². The minimum atomic E-state index is -0.838. The lowest BCUT2D eigenvalue weighted by molar-refractivity contribution is 0.0696. The van der Waals surface area contributed by atoms with Gasteiger partial charge in [0.2, 0.25) is 0 Å². The van der Waals surface area contributed by atoms with Crippen LogP contribution in [-0.4, -0.2) is 11.1 Å². The SMILES string of the molecule is CCCc1ccc(C(=O)O)cc1CCC. The molecule has 15 heavy (non-hydrogen) atoms. The van der Waals surface area contributed by atoms with Gasteiger partial charge in [-0.25, -0.2) is 4.79 Å². The summed E-state index contributed by atoms with van der Waals surface area (Å²) in [5.74, 6) is -0.838. The summed E-state index contributed by atoms with van der Waals surface area (Å²) in [6.07, 6.45) is 4.16. The van der Waals surface area contributed by atoms with Crippen LogP contribution in [-0.2, 0) is 12.8 Å². The Morgan fingerprint density at radius 1 is 1.13 bits per heavy atom. The highest BCUT2D eigenvalue weighted by atomic mass is 16.4. The van der Waals surface area contributed by atoms with E-state index in [0.29, 0.717) is 5.56 Å². The van der Waals surface area contributed by atoms with Gasteiger partial charge in [-0.3, -0.25) is 0 Å². The van der Waals surface area contributed by atoms with Crippen LogP contribution < -0.4 is 0 Å². The van der Waals surface area contributed by atoms with Gasteiger partial charge >= 0.3 is 5.97 Å². The predicted octanol–water partition coefficient (Wildman–Crippen LogP) is 3.29. The van der Waals surface area contributed by atoms with E-state index in [1.165, 1.54) is 11.1 Å². The van der Waals surface area contributed by atoms with Crippen molar-refractivity contribution in [2.24, 2.45) is 0 Å². The van der Waals surface area contributed by atoms with Gasteiger partial charge in [-0.15, -0.1) is 0 Å². The number of rotatable bonds is 5. The molecule has 82 valence electrons. The summed E-state index contributed by atoms with van der Waals surface area (Å²) >= 11 is 0. The second-order valence-corrected chi connectivity index (χ2v) is 3.79. The van der Waals surface area contributed by atoms with Crippen molar-refractivity contribution in [2.75, 3.05) is 0 Å². The van der Waals surface area contributed by atoms with Crippen molar-refractivity contribution >= 4 is 5.97 Å². The fourth-order valence-electron chi connectivity index (χ4n) is 1.77. The summed E-state index contributed by atoms with van der Waals surface area (Å²) in [6, 6.07) is 5.47. The van der Waals surface area contributed by atoms with Gasteiger partial charge in [0.1, 0.15) is 0 Å². The minimum Gasteiger partial charge on any atom is -0.478 e. The molecular weight excluding hydrogens is 188 g/mol. The Bertz CT molecular complexity index is 342. The summed E-state index contributed by atoms with van der Waals surface area (Å²) in [6.45, 7) is 4.25. The smallest absolute Gasteiger partial charge is 0.335 e. The standard InChI is InChI=1S/C13H18O2/c1-3-5-10-7-8-12(13(14)15)9-11(10)6-4-2/h7-9H,3-6H2,1-2H3,(H,14,15). The maximum Gasteiger partial charge on any atom is 0.335 e. The molecule has 0 aliphatic carbocycles. The molecule has 0 aliphatic rings. The summed E-state index contributed by atoms with van der Waals surface area (Å²) in [7, 11) is 0. The van der Waals surface area contributed by atoms with Gasteiger partial charge in [0.15, 0.2) is 0 Å². The van der Waals surface area contributed by atoms with E-state index in [1.54, 1.807) is 6.07 Å². The van der Waals surface area contributed by atoms with Crippen LogP contribution in [0.1, 0.15) is 48.2 Å². The van der Waals surface area contributed by atoms with Crippen molar-refractivity contribution in [1.82, 2.24) is 0 Å². The normalized spacial score (nSPS) is 10.3. The molecule has 2 nitrogen and oxygen atoms in total. The topological polar surface area (TPSA) is 37.3 Å². The first kappa shape index (κ1) is 11.8. The highest BCUT2D eigenvalue weighted by molar-refractivity contribution is 5.87. The lowest BCUT2D eigenvalue weighted by atomic mass is 9.97. The predicted molar refractivity (Wildman–Crippen MR) is 61.4 cm³/mol. The summed E-state index contributed by atoms with van der Waals surface area (Å²) in [5, 5.41) is 8.90. The molecule has 1 N–H and O–H groups in total. The second-order valence-electron chi connectivity index (χ2n) is 3.79. The minimum absolute atomic E-state index is 0.401. The Balaban J connectivity index is 3.02. The van der Waals surface area contributed by atoms with Crippen LogP contribution in [0.15, 0.2) is 18.2 Å². The molecule has 0 aromatic heterocycles. The van der Waals surface area contributed by atoms with Crippen LogP contribution in [0.3, 0.4) is 0 Å². The third-order valence-electron chi connectivity index (χ3n) is 2.49. The Hall–Kier alpha value is -1.31. The van der Waals surface area contributed by atoms with Gasteiger partial charge < -0.3 is 5.11 Å². The zero-order valence-corrected chi connectivity index (χ0v) is 9.42. The van der Waals surface area contributed by atoms with Crippen LogP contribution in [0.5, 0.6) is 0 Å². The summed E-state index contributed by atoms with van der Waals surface area (Å²) in [4.78, 5) is 10.8. The molecule has 0 saturated heterocycles. The molecule has 0 atom stereocenters. The first-order chi connectivity index (χ1) is 7.19. The average Bonchev–Trinajstić information content (AvgIpc) is 2.21. The van der Waals surface area contributed by atoms with Crippen molar-refractivity contribution in [2.45, 2.75) is 39.5 Å². The van der Waals surface area contributed by atoms with Crippen molar-refractivity contribution < 1.29 is 9.90 Å². The van der Waals surface area contributed by atoms with E-state index in [0.717, 1.165) is 25.7 Å². The second kappa shape index (κ2) is 5.54. The summed E-state index contributed by atoms with van der Waals surface area (Å²) in [5.41, 5.74) is 2.89. The number of benzene rings is 1. The van der Waals surface area contributed by atoms with E-state index in [1.807, 2.05) is 12.1 Å². The first-order valence-corrected chi connectivity index (χ1v) is 5.54. The Morgan fingerprint density at radius 3 is 2.27 bits per heavy atom. The van der Waals surface area contributed by atoms with Crippen molar-refractivity contribution in [3.05, 3.63) is 34.9 Å². The van der Waals surface area contributed by atoms with Crippen molar-refractivity contribution in [1.29, 1.82) is 0 Å². The Kier molecular flexibility index (Phi) is 4.35. The third-order valence-corrected chi connectivity index (χ3v) is 2.49. The number of hydrogen-bond donors (Lipinski definition) is 1. The van der Waals surface area contributed by atoms with Gasteiger partial charge in [-0.05, 0) is 36.1 Å². The Labute approximate surface area is 90.9 Å². The third kappa shape index (κ3) is 3.08.